The molecule has 7 nitrogen and oxygen atoms in total. The van der Waals surface area contributed by atoms with E-state index in [-0.39, 0.29) is 17.7 Å². The molecule has 3 aliphatic rings. The van der Waals surface area contributed by atoms with Crippen LogP contribution < -0.4 is 5.32 Å². The normalized spacial score (nSPS) is 24.3. The molecular weight excluding hydrogens is 342 g/mol. The van der Waals surface area contributed by atoms with Gasteiger partial charge in [0, 0.05) is 38.6 Å². The Hall–Kier alpha value is -1.89. The van der Waals surface area contributed by atoms with E-state index < -0.39 is 0 Å². The van der Waals surface area contributed by atoms with Crippen LogP contribution in [-0.2, 0) is 29.2 Å². The Morgan fingerprint density at radius 3 is 2.81 bits per heavy atom. The average molecular weight is 374 g/mol. The zero-order valence-electron chi connectivity index (χ0n) is 16.3. The van der Waals surface area contributed by atoms with Gasteiger partial charge in [0.05, 0.1) is 30.4 Å². The first-order chi connectivity index (χ1) is 13.1. The van der Waals surface area contributed by atoms with Crippen molar-refractivity contribution in [1.29, 1.82) is 0 Å². The SMILES string of the molecule is CCN1C[C@@H](C(=O)NCc2cc3n(n2)CCN(C2CCCCC2)C3)CC1=O. The van der Waals surface area contributed by atoms with Gasteiger partial charge in [-0.15, -0.1) is 0 Å². The highest BCUT2D eigenvalue weighted by Crippen LogP contribution is 2.26. The predicted molar refractivity (Wildman–Crippen MR) is 102 cm³/mol. The summed E-state index contributed by atoms with van der Waals surface area (Å²) in [5, 5.41) is 7.66. The van der Waals surface area contributed by atoms with Gasteiger partial charge in [-0.2, -0.15) is 5.10 Å². The van der Waals surface area contributed by atoms with Crippen molar-refractivity contribution < 1.29 is 9.59 Å². The first kappa shape index (κ1) is 18.5. The summed E-state index contributed by atoms with van der Waals surface area (Å²) < 4.78 is 2.10. The summed E-state index contributed by atoms with van der Waals surface area (Å²) in [6, 6.07) is 2.86. The fourth-order valence-electron chi connectivity index (χ4n) is 4.77. The van der Waals surface area contributed by atoms with Crippen molar-refractivity contribution in [2.45, 2.75) is 71.1 Å². The molecule has 4 rings (SSSR count). The number of likely N-dealkylation sites (tertiary alicyclic amines) is 1. The van der Waals surface area contributed by atoms with Gasteiger partial charge in [0.1, 0.15) is 0 Å². The molecular formula is C20H31N5O2. The van der Waals surface area contributed by atoms with Crippen LogP contribution in [0, 0.1) is 5.92 Å². The van der Waals surface area contributed by atoms with Crippen LogP contribution in [0.4, 0.5) is 0 Å². The summed E-state index contributed by atoms with van der Waals surface area (Å²) in [7, 11) is 0. The highest BCUT2D eigenvalue weighted by molar-refractivity contribution is 5.89. The molecule has 0 bridgehead atoms. The molecule has 2 fully saturated rings. The van der Waals surface area contributed by atoms with Crippen LogP contribution in [-0.4, -0.2) is 57.1 Å². The first-order valence-electron chi connectivity index (χ1n) is 10.5. The number of carbonyl (C=O) groups excluding carboxylic acids is 2. The molecule has 1 atom stereocenters. The van der Waals surface area contributed by atoms with E-state index in [1.807, 2.05) is 6.92 Å². The Morgan fingerprint density at radius 2 is 2.07 bits per heavy atom. The molecule has 1 aromatic heterocycles. The second kappa shape index (κ2) is 8.00. The molecule has 0 aromatic carbocycles. The molecule has 2 amide bonds. The van der Waals surface area contributed by atoms with Crippen molar-refractivity contribution >= 4 is 11.8 Å². The van der Waals surface area contributed by atoms with E-state index in [0.717, 1.165) is 31.4 Å². The molecule has 1 saturated heterocycles. The largest absolute Gasteiger partial charge is 0.350 e. The summed E-state index contributed by atoms with van der Waals surface area (Å²) in [5.41, 5.74) is 2.17. The second-order valence-electron chi connectivity index (χ2n) is 8.16. The predicted octanol–water partition coefficient (Wildman–Crippen LogP) is 1.52. The minimum absolute atomic E-state index is 0.0332. The van der Waals surface area contributed by atoms with Gasteiger partial charge in [0.15, 0.2) is 0 Å². The monoisotopic (exact) mass is 373 g/mol. The number of nitrogens with zero attached hydrogens (tertiary/aromatic N) is 4. The van der Waals surface area contributed by atoms with E-state index in [1.165, 1.54) is 37.8 Å². The van der Waals surface area contributed by atoms with Crippen molar-refractivity contribution in [2.75, 3.05) is 19.6 Å². The molecule has 0 unspecified atom stereocenters. The zero-order chi connectivity index (χ0) is 18.8. The van der Waals surface area contributed by atoms with Crippen LogP contribution in [0.25, 0.3) is 0 Å². The quantitative estimate of drug-likeness (QED) is 0.849. The molecule has 1 aromatic rings. The van der Waals surface area contributed by atoms with Gasteiger partial charge in [-0.05, 0) is 25.8 Å². The molecule has 1 N–H and O–H groups in total. The van der Waals surface area contributed by atoms with Crippen molar-refractivity contribution in [2.24, 2.45) is 5.92 Å². The van der Waals surface area contributed by atoms with E-state index in [9.17, 15) is 9.59 Å². The number of rotatable bonds is 5. The lowest BCUT2D eigenvalue weighted by atomic mass is 9.94. The maximum absolute atomic E-state index is 12.4. The molecule has 1 aliphatic carbocycles. The minimum atomic E-state index is -0.225. The van der Waals surface area contributed by atoms with E-state index in [4.69, 9.17) is 0 Å². The summed E-state index contributed by atoms with van der Waals surface area (Å²) in [6.07, 6.45) is 7.08. The maximum Gasteiger partial charge on any atom is 0.225 e. The topological polar surface area (TPSA) is 70.5 Å². The number of fused-ring (bicyclic) bond motifs is 1. The Morgan fingerprint density at radius 1 is 1.26 bits per heavy atom. The number of carbonyl (C=O) groups is 2. The average Bonchev–Trinajstić information content (AvgIpc) is 3.28. The van der Waals surface area contributed by atoms with Gasteiger partial charge in [0.2, 0.25) is 11.8 Å². The maximum atomic E-state index is 12.4. The Balaban J connectivity index is 1.31. The summed E-state index contributed by atoms with van der Waals surface area (Å²) in [6.45, 7) is 6.58. The van der Waals surface area contributed by atoms with Gasteiger partial charge in [-0.3, -0.25) is 19.2 Å². The summed E-state index contributed by atoms with van der Waals surface area (Å²) >= 11 is 0. The van der Waals surface area contributed by atoms with Gasteiger partial charge in [-0.1, -0.05) is 19.3 Å². The third-order valence-corrected chi connectivity index (χ3v) is 6.38. The third kappa shape index (κ3) is 4.03. The van der Waals surface area contributed by atoms with Crippen molar-refractivity contribution in [1.82, 2.24) is 24.9 Å². The van der Waals surface area contributed by atoms with Gasteiger partial charge in [-0.25, -0.2) is 0 Å². The van der Waals surface area contributed by atoms with Crippen LogP contribution in [0.15, 0.2) is 6.07 Å². The summed E-state index contributed by atoms with van der Waals surface area (Å²) in [4.78, 5) is 28.6. The lowest BCUT2D eigenvalue weighted by molar-refractivity contribution is -0.128. The summed E-state index contributed by atoms with van der Waals surface area (Å²) in [5.74, 6) is -0.177. The minimum Gasteiger partial charge on any atom is -0.350 e. The number of hydrogen-bond donors (Lipinski definition) is 1. The van der Waals surface area contributed by atoms with E-state index in [2.05, 4.69) is 26.1 Å². The van der Waals surface area contributed by atoms with Gasteiger partial charge in [0.25, 0.3) is 0 Å². The van der Waals surface area contributed by atoms with Gasteiger partial charge >= 0.3 is 0 Å². The molecule has 3 heterocycles. The lowest BCUT2D eigenvalue weighted by Crippen LogP contribution is -2.42. The Kier molecular flexibility index (Phi) is 5.48. The standard InChI is InChI=1S/C20H31N5O2/c1-2-23-13-15(10-19(23)26)20(27)21-12-16-11-18-14-24(8-9-25(18)22-16)17-6-4-3-5-7-17/h11,15,17H,2-10,12-14H2,1H3,(H,21,27)/t15-/m0/s1. The lowest BCUT2D eigenvalue weighted by Gasteiger charge is -2.36. The van der Waals surface area contributed by atoms with Crippen LogP contribution in [0.3, 0.4) is 0 Å². The van der Waals surface area contributed by atoms with Crippen LogP contribution in [0.5, 0.6) is 0 Å². The van der Waals surface area contributed by atoms with Crippen molar-refractivity contribution in [3.8, 4) is 0 Å². The molecule has 27 heavy (non-hydrogen) atoms. The Labute approximate surface area is 161 Å². The highest BCUT2D eigenvalue weighted by atomic mass is 16.2. The number of aromatic nitrogens is 2. The van der Waals surface area contributed by atoms with E-state index in [0.29, 0.717) is 26.1 Å². The number of nitrogens with one attached hydrogen (secondary N) is 1. The molecule has 7 heteroatoms. The molecule has 2 aliphatic heterocycles. The van der Waals surface area contributed by atoms with Crippen LogP contribution in [0.2, 0.25) is 0 Å². The fraction of sp³-hybridized carbons (Fsp3) is 0.750. The fourth-order valence-corrected chi connectivity index (χ4v) is 4.77. The zero-order valence-corrected chi connectivity index (χ0v) is 16.3. The van der Waals surface area contributed by atoms with Crippen LogP contribution in [0.1, 0.15) is 56.8 Å². The molecule has 148 valence electrons. The highest BCUT2D eigenvalue weighted by Gasteiger charge is 2.33. The third-order valence-electron chi connectivity index (χ3n) is 6.38. The number of amides is 2. The molecule has 0 spiro atoms. The molecule has 1 saturated carbocycles. The molecule has 0 radical (unpaired) electrons. The second-order valence-corrected chi connectivity index (χ2v) is 8.16. The Bertz CT molecular complexity index is 695. The van der Waals surface area contributed by atoms with E-state index >= 15 is 0 Å². The van der Waals surface area contributed by atoms with E-state index in [1.54, 1.807) is 4.90 Å². The van der Waals surface area contributed by atoms with Gasteiger partial charge < -0.3 is 10.2 Å². The first-order valence-corrected chi connectivity index (χ1v) is 10.5. The number of hydrogen-bond acceptors (Lipinski definition) is 4. The van der Waals surface area contributed by atoms with Crippen LogP contribution >= 0.6 is 0 Å². The smallest absolute Gasteiger partial charge is 0.225 e. The van der Waals surface area contributed by atoms with Crippen molar-refractivity contribution in [3.63, 3.8) is 0 Å². The van der Waals surface area contributed by atoms with Crippen molar-refractivity contribution in [3.05, 3.63) is 17.5 Å².